The minimum atomic E-state index is 0. The van der Waals surface area contributed by atoms with Gasteiger partial charge in [0.25, 0.3) is 0 Å². The van der Waals surface area contributed by atoms with Crippen molar-refractivity contribution in [3.05, 3.63) is 0 Å². The van der Waals surface area contributed by atoms with Gasteiger partial charge in [0.15, 0.2) is 0 Å². The summed E-state index contributed by atoms with van der Waals surface area (Å²) in [5.41, 5.74) is 0. The summed E-state index contributed by atoms with van der Waals surface area (Å²) in [6, 6.07) is 0.501. The fourth-order valence-electron chi connectivity index (χ4n) is 1.79. The number of carbonyl (C=O) groups is 1. The maximum atomic E-state index is 10.6. The quantitative estimate of drug-likeness (QED) is 0.634. The van der Waals surface area contributed by atoms with E-state index in [4.69, 9.17) is 0 Å². The molecule has 0 bridgehead atoms. The average Bonchev–Trinajstić information content (AvgIpc) is 2.87. The molecule has 1 atom stereocenters. The zero-order chi connectivity index (χ0) is 7.68. The first-order valence-corrected chi connectivity index (χ1v) is 4.33. The third-order valence-corrected chi connectivity index (χ3v) is 2.63. The third-order valence-electron chi connectivity index (χ3n) is 2.63. The Balaban J connectivity index is 0.000000720. The standard InChI is InChI=1S/C8H14N2O.ClH/c11-6-10-4-3-9-5-8(10)7-1-2-7;/h6-9H,1-5H2;1H. The fourth-order valence-corrected chi connectivity index (χ4v) is 1.79. The summed E-state index contributed by atoms with van der Waals surface area (Å²) in [4.78, 5) is 12.6. The predicted molar refractivity (Wildman–Crippen MR) is 49.4 cm³/mol. The molecular formula is C8H15ClN2O. The Kier molecular flexibility index (Phi) is 3.35. The van der Waals surface area contributed by atoms with Gasteiger partial charge in [0.1, 0.15) is 0 Å². The molecule has 0 radical (unpaired) electrons. The molecule has 1 saturated heterocycles. The minimum Gasteiger partial charge on any atom is -0.339 e. The normalized spacial score (nSPS) is 29.3. The van der Waals surface area contributed by atoms with E-state index in [2.05, 4.69) is 5.32 Å². The van der Waals surface area contributed by atoms with Crippen LogP contribution in [-0.4, -0.2) is 37.0 Å². The smallest absolute Gasteiger partial charge is 0.210 e. The van der Waals surface area contributed by atoms with E-state index >= 15 is 0 Å². The van der Waals surface area contributed by atoms with Crippen molar-refractivity contribution in [2.75, 3.05) is 19.6 Å². The van der Waals surface area contributed by atoms with Crippen LogP contribution in [0.1, 0.15) is 12.8 Å². The van der Waals surface area contributed by atoms with Crippen LogP contribution in [0.4, 0.5) is 0 Å². The van der Waals surface area contributed by atoms with Crippen LogP contribution in [0.5, 0.6) is 0 Å². The van der Waals surface area contributed by atoms with Crippen molar-refractivity contribution in [1.29, 1.82) is 0 Å². The number of hydrogen-bond acceptors (Lipinski definition) is 2. The van der Waals surface area contributed by atoms with Gasteiger partial charge in [0.2, 0.25) is 6.41 Å². The number of carbonyl (C=O) groups excluding carboxylic acids is 1. The van der Waals surface area contributed by atoms with Gasteiger partial charge in [-0.05, 0) is 18.8 Å². The maximum absolute atomic E-state index is 10.6. The highest BCUT2D eigenvalue weighted by Gasteiger charge is 2.35. The molecule has 2 rings (SSSR count). The first-order valence-electron chi connectivity index (χ1n) is 4.33. The molecule has 0 aromatic heterocycles. The molecule has 4 heteroatoms. The monoisotopic (exact) mass is 190 g/mol. The Bertz CT molecular complexity index is 161. The summed E-state index contributed by atoms with van der Waals surface area (Å²) >= 11 is 0. The molecule has 1 aliphatic carbocycles. The zero-order valence-electron chi connectivity index (χ0n) is 7.03. The molecule has 70 valence electrons. The SMILES string of the molecule is Cl.O=CN1CCNCC1C1CC1. The van der Waals surface area contributed by atoms with Crippen LogP contribution >= 0.6 is 12.4 Å². The van der Waals surface area contributed by atoms with Crippen LogP contribution in [0.15, 0.2) is 0 Å². The average molecular weight is 191 g/mol. The Morgan fingerprint density at radius 3 is 2.75 bits per heavy atom. The molecule has 2 fully saturated rings. The number of hydrogen-bond donors (Lipinski definition) is 1. The largest absolute Gasteiger partial charge is 0.339 e. The number of nitrogens with zero attached hydrogens (tertiary/aromatic N) is 1. The lowest BCUT2D eigenvalue weighted by atomic mass is 10.1. The van der Waals surface area contributed by atoms with E-state index in [1.807, 2.05) is 4.90 Å². The Morgan fingerprint density at radius 2 is 2.17 bits per heavy atom. The topological polar surface area (TPSA) is 32.3 Å². The number of piperazine rings is 1. The van der Waals surface area contributed by atoms with Gasteiger partial charge >= 0.3 is 0 Å². The third kappa shape index (κ3) is 1.90. The van der Waals surface area contributed by atoms with Crippen molar-refractivity contribution >= 4 is 18.8 Å². The molecule has 1 saturated carbocycles. The molecule has 1 unspecified atom stereocenters. The lowest BCUT2D eigenvalue weighted by molar-refractivity contribution is -0.121. The van der Waals surface area contributed by atoms with E-state index in [1.54, 1.807) is 0 Å². The van der Waals surface area contributed by atoms with E-state index in [-0.39, 0.29) is 12.4 Å². The van der Waals surface area contributed by atoms with Gasteiger partial charge in [-0.3, -0.25) is 4.79 Å². The van der Waals surface area contributed by atoms with Gasteiger partial charge in [-0.15, -0.1) is 12.4 Å². The number of amides is 1. The van der Waals surface area contributed by atoms with Gasteiger partial charge in [-0.2, -0.15) is 0 Å². The maximum Gasteiger partial charge on any atom is 0.210 e. The van der Waals surface area contributed by atoms with E-state index in [9.17, 15) is 4.79 Å². The Hall–Kier alpha value is -0.280. The van der Waals surface area contributed by atoms with Gasteiger partial charge in [0.05, 0.1) is 0 Å². The molecule has 0 spiro atoms. The molecular weight excluding hydrogens is 176 g/mol. The van der Waals surface area contributed by atoms with Crippen LogP contribution in [0.2, 0.25) is 0 Å². The van der Waals surface area contributed by atoms with E-state index in [0.29, 0.717) is 6.04 Å². The van der Waals surface area contributed by atoms with E-state index < -0.39 is 0 Å². The summed E-state index contributed by atoms with van der Waals surface area (Å²) in [5, 5.41) is 3.32. The van der Waals surface area contributed by atoms with Crippen LogP contribution in [0.3, 0.4) is 0 Å². The summed E-state index contributed by atoms with van der Waals surface area (Å²) in [7, 11) is 0. The summed E-state index contributed by atoms with van der Waals surface area (Å²) < 4.78 is 0. The van der Waals surface area contributed by atoms with Crippen LogP contribution in [0.25, 0.3) is 0 Å². The molecule has 12 heavy (non-hydrogen) atoms. The van der Waals surface area contributed by atoms with Crippen LogP contribution < -0.4 is 5.32 Å². The van der Waals surface area contributed by atoms with E-state index in [0.717, 1.165) is 32.0 Å². The summed E-state index contributed by atoms with van der Waals surface area (Å²) in [5.74, 6) is 0.799. The molecule has 1 N–H and O–H groups in total. The molecule has 0 aromatic carbocycles. The predicted octanol–water partition coefficient (Wildman–Crippen LogP) is 0.248. The second-order valence-corrected chi connectivity index (χ2v) is 3.45. The van der Waals surface area contributed by atoms with Gasteiger partial charge < -0.3 is 10.2 Å². The fraction of sp³-hybridized carbons (Fsp3) is 0.875. The van der Waals surface area contributed by atoms with Crippen molar-refractivity contribution in [2.24, 2.45) is 5.92 Å². The Morgan fingerprint density at radius 1 is 1.42 bits per heavy atom. The molecule has 1 aliphatic heterocycles. The molecule has 3 nitrogen and oxygen atoms in total. The van der Waals surface area contributed by atoms with Crippen LogP contribution in [0, 0.1) is 5.92 Å². The number of rotatable bonds is 2. The summed E-state index contributed by atoms with van der Waals surface area (Å²) in [6.07, 6.45) is 3.64. The van der Waals surface area contributed by atoms with Crippen molar-refractivity contribution in [3.63, 3.8) is 0 Å². The molecule has 0 aromatic rings. The highest BCUT2D eigenvalue weighted by atomic mass is 35.5. The van der Waals surface area contributed by atoms with Crippen molar-refractivity contribution in [2.45, 2.75) is 18.9 Å². The van der Waals surface area contributed by atoms with Crippen molar-refractivity contribution in [3.8, 4) is 0 Å². The summed E-state index contributed by atoms with van der Waals surface area (Å²) in [6.45, 7) is 2.86. The van der Waals surface area contributed by atoms with E-state index in [1.165, 1.54) is 12.8 Å². The minimum absolute atomic E-state index is 0. The Labute approximate surface area is 78.9 Å². The lowest BCUT2D eigenvalue weighted by Crippen LogP contribution is -2.51. The lowest BCUT2D eigenvalue weighted by Gasteiger charge is -2.33. The molecule has 1 heterocycles. The second kappa shape index (κ2) is 4.10. The number of nitrogens with one attached hydrogen (secondary N) is 1. The first kappa shape index (κ1) is 9.81. The van der Waals surface area contributed by atoms with Gasteiger partial charge in [0, 0.05) is 25.7 Å². The first-order chi connectivity index (χ1) is 5.42. The second-order valence-electron chi connectivity index (χ2n) is 3.45. The zero-order valence-corrected chi connectivity index (χ0v) is 7.85. The van der Waals surface area contributed by atoms with Crippen molar-refractivity contribution in [1.82, 2.24) is 10.2 Å². The molecule has 1 amide bonds. The van der Waals surface area contributed by atoms with Crippen molar-refractivity contribution < 1.29 is 4.79 Å². The number of halogens is 1. The highest BCUT2D eigenvalue weighted by molar-refractivity contribution is 5.85. The van der Waals surface area contributed by atoms with Gasteiger partial charge in [-0.1, -0.05) is 0 Å². The molecule has 2 aliphatic rings. The van der Waals surface area contributed by atoms with Gasteiger partial charge in [-0.25, -0.2) is 0 Å². The highest BCUT2D eigenvalue weighted by Crippen LogP contribution is 2.35. The van der Waals surface area contributed by atoms with Crippen LogP contribution in [-0.2, 0) is 4.79 Å².